The highest BCUT2D eigenvalue weighted by Crippen LogP contribution is 2.20. The average Bonchev–Trinajstić information content (AvgIpc) is 2.69. The molecule has 0 amide bonds. The minimum Gasteiger partial charge on any atom is -0.396 e. The number of hydrogen-bond acceptors (Lipinski definition) is 6. The zero-order chi connectivity index (χ0) is 19.6. The van der Waals surface area contributed by atoms with Crippen molar-refractivity contribution >= 4 is 12.0 Å². The Kier molecular flexibility index (Phi) is 7.79. The van der Waals surface area contributed by atoms with Gasteiger partial charge in [0.25, 0.3) is 0 Å². The number of hydrazine groups is 1. The number of benzene rings is 1. The summed E-state index contributed by atoms with van der Waals surface area (Å²) < 4.78 is 0. The Morgan fingerprint density at radius 2 is 1.82 bits per heavy atom. The fourth-order valence-corrected chi connectivity index (χ4v) is 3.28. The molecule has 1 aromatic carbocycles. The van der Waals surface area contributed by atoms with Crippen LogP contribution in [0.1, 0.15) is 49.4 Å². The van der Waals surface area contributed by atoms with Crippen LogP contribution < -0.4 is 5.01 Å². The zero-order valence-corrected chi connectivity index (χ0v) is 17.0. The van der Waals surface area contributed by atoms with Gasteiger partial charge < -0.3 is 4.84 Å². The van der Waals surface area contributed by atoms with Crippen LogP contribution >= 0.6 is 0 Å². The van der Waals surface area contributed by atoms with Gasteiger partial charge in [0.05, 0.1) is 18.5 Å². The molecule has 0 atom stereocenters. The number of nitrogens with zero attached hydrogens (tertiary/aromatic N) is 5. The first-order valence-corrected chi connectivity index (χ1v) is 10.3. The van der Waals surface area contributed by atoms with Crippen LogP contribution in [0.4, 0.5) is 5.82 Å². The third-order valence-corrected chi connectivity index (χ3v) is 4.98. The minimum atomic E-state index is 0.602. The minimum absolute atomic E-state index is 0.602. The van der Waals surface area contributed by atoms with Crippen LogP contribution in [-0.4, -0.2) is 47.7 Å². The maximum absolute atomic E-state index is 4.99. The van der Waals surface area contributed by atoms with Crippen LogP contribution in [0.3, 0.4) is 0 Å². The molecule has 0 N–H and O–H groups in total. The first kappa shape index (κ1) is 20.3. The van der Waals surface area contributed by atoms with Crippen molar-refractivity contribution in [2.75, 3.05) is 31.3 Å². The summed E-state index contributed by atoms with van der Waals surface area (Å²) in [4.78, 5) is 4.99. The fourth-order valence-electron chi connectivity index (χ4n) is 3.28. The number of unbranched alkanes of at least 4 members (excludes halogenated alkanes) is 3. The van der Waals surface area contributed by atoms with Gasteiger partial charge in [0.2, 0.25) is 0 Å². The summed E-state index contributed by atoms with van der Waals surface area (Å²) in [5.41, 5.74) is 3.43. The molecule has 6 heteroatoms. The monoisotopic (exact) mass is 381 g/mol. The average molecular weight is 382 g/mol. The Morgan fingerprint density at radius 1 is 1.00 bits per heavy atom. The number of anilines is 1. The number of aryl methyl sites for hydroxylation is 2. The second-order valence-electron chi connectivity index (χ2n) is 7.17. The van der Waals surface area contributed by atoms with Crippen molar-refractivity contribution in [2.24, 2.45) is 5.16 Å². The maximum Gasteiger partial charge on any atom is 0.165 e. The molecule has 0 bridgehead atoms. The maximum atomic E-state index is 4.99. The van der Waals surface area contributed by atoms with Gasteiger partial charge in [0.1, 0.15) is 6.61 Å². The van der Waals surface area contributed by atoms with Gasteiger partial charge in [0.15, 0.2) is 5.82 Å². The summed E-state index contributed by atoms with van der Waals surface area (Å²) in [6.07, 6.45) is 7.89. The van der Waals surface area contributed by atoms with E-state index in [4.69, 9.17) is 4.84 Å². The molecule has 0 spiro atoms. The Balaban J connectivity index is 1.28. The number of oxime groups is 1. The molecule has 3 rings (SSSR count). The van der Waals surface area contributed by atoms with Gasteiger partial charge in [-0.15, -0.1) is 5.10 Å². The summed E-state index contributed by atoms with van der Waals surface area (Å²) in [6.45, 7) is 7.76. The third-order valence-electron chi connectivity index (χ3n) is 4.98. The molecule has 2 aromatic rings. The molecule has 1 aliphatic rings. The van der Waals surface area contributed by atoms with E-state index in [2.05, 4.69) is 55.7 Å². The molecule has 1 fully saturated rings. The molecular formula is C22H31N5O. The summed E-state index contributed by atoms with van der Waals surface area (Å²) in [5.74, 6) is 0.964. The third kappa shape index (κ3) is 6.02. The van der Waals surface area contributed by atoms with Crippen LogP contribution in [0.25, 0.3) is 0 Å². The second kappa shape index (κ2) is 10.8. The van der Waals surface area contributed by atoms with Gasteiger partial charge in [-0.1, -0.05) is 42.3 Å². The van der Waals surface area contributed by atoms with Crippen molar-refractivity contribution in [3.63, 3.8) is 0 Å². The highest BCUT2D eigenvalue weighted by Gasteiger charge is 2.25. The molecule has 0 unspecified atom stereocenters. The lowest BCUT2D eigenvalue weighted by Gasteiger charge is -2.44. The van der Waals surface area contributed by atoms with Gasteiger partial charge in [0, 0.05) is 13.1 Å². The molecular weight excluding hydrogens is 350 g/mol. The summed E-state index contributed by atoms with van der Waals surface area (Å²) >= 11 is 0. The van der Waals surface area contributed by atoms with Gasteiger partial charge in [-0.3, -0.25) is 5.01 Å². The van der Waals surface area contributed by atoms with Crippen LogP contribution in [-0.2, 0) is 11.3 Å². The largest absolute Gasteiger partial charge is 0.396 e. The number of hydrogen-bond donors (Lipinski definition) is 0. The Bertz CT molecular complexity index is 730. The van der Waals surface area contributed by atoms with E-state index in [1.165, 1.54) is 31.2 Å². The fraction of sp³-hybridized carbons (Fsp3) is 0.500. The predicted octanol–water partition coefficient (Wildman–Crippen LogP) is 4.00. The number of aromatic nitrogens is 2. The van der Waals surface area contributed by atoms with E-state index in [1.54, 1.807) is 6.21 Å². The predicted molar refractivity (Wildman–Crippen MR) is 114 cm³/mol. The van der Waals surface area contributed by atoms with Crippen molar-refractivity contribution in [3.05, 3.63) is 53.2 Å². The smallest absolute Gasteiger partial charge is 0.165 e. The summed E-state index contributed by atoms with van der Waals surface area (Å²) in [5, 5.41) is 17.0. The van der Waals surface area contributed by atoms with Crippen LogP contribution in [0, 0.1) is 6.92 Å². The Hall–Kier alpha value is -2.47. The zero-order valence-electron chi connectivity index (χ0n) is 17.0. The van der Waals surface area contributed by atoms with Crippen LogP contribution in [0.2, 0.25) is 0 Å². The second-order valence-corrected chi connectivity index (χ2v) is 7.17. The summed E-state index contributed by atoms with van der Waals surface area (Å²) in [7, 11) is 0. The molecule has 0 aliphatic carbocycles. The topological polar surface area (TPSA) is 53.9 Å². The van der Waals surface area contributed by atoms with Crippen LogP contribution in [0.5, 0.6) is 0 Å². The molecule has 28 heavy (non-hydrogen) atoms. The van der Waals surface area contributed by atoms with E-state index in [0.29, 0.717) is 6.61 Å². The van der Waals surface area contributed by atoms with Crippen molar-refractivity contribution in [1.82, 2.24) is 15.2 Å². The van der Waals surface area contributed by atoms with Gasteiger partial charge in [-0.05, 0) is 56.4 Å². The normalized spacial score (nSPS) is 14.4. The molecule has 1 aromatic heterocycles. The molecule has 0 radical (unpaired) electrons. The molecule has 2 heterocycles. The van der Waals surface area contributed by atoms with Crippen molar-refractivity contribution in [2.45, 2.75) is 46.0 Å². The summed E-state index contributed by atoms with van der Waals surface area (Å²) in [6, 6.07) is 12.7. The lowest BCUT2D eigenvalue weighted by Crippen LogP contribution is -2.58. The van der Waals surface area contributed by atoms with Crippen molar-refractivity contribution in [1.29, 1.82) is 0 Å². The Labute approximate surface area is 168 Å². The molecule has 1 aliphatic heterocycles. The first-order valence-electron chi connectivity index (χ1n) is 10.3. The van der Waals surface area contributed by atoms with Crippen molar-refractivity contribution in [3.8, 4) is 0 Å². The van der Waals surface area contributed by atoms with E-state index in [1.807, 2.05) is 19.9 Å². The Morgan fingerprint density at radius 3 is 2.50 bits per heavy atom. The molecule has 150 valence electrons. The SMILES string of the molecule is CCO/N=C/c1ccc(CCCCCCN2CCN2c2ccc(C)nn2)cc1. The standard InChI is InChI=1S/C22H31N5O/c1-3-28-23-18-21-12-10-20(11-13-21)8-6-4-5-7-15-26-16-17-27(26)22-14-9-19(2)24-25-22/h9-14,18H,3-8,15-17H2,1-2H3/b23-18+. The van der Waals surface area contributed by atoms with Gasteiger partial charge in [-0.2, -0.15) is 5.10 Å². The molecule has 6 nitrogen and oxygen atoms in total. The van der Waals surface area contributed by atoms with Gasteiger partial charge >= 0.3 is 0 Å². The van der Waals surface area contributed by atoms with Crippen molar-refractivity contribution < 1.29 is 4.84 Å². The first-order chi connectivity index (χ1) is 13.8. The molecule has 1 saturated heterocycles. The van der Waals surface area contributed by atoms with E-state index < -0.39 is 0 Å². The van der Waals surface area contributed by atoms with Crippen LogP contribution in [0.15, 0.2) is 41.6 Å². The lowest BCUT2D eigenvalue weighted by molar-refractivity contribution is 0.160. The van der Waals surface area contributed by atoms with E-state index in [-0.39, 0.29) is 0 Å². The quantitative estimate of drug-likeness (QED) is 0.335. The number of rotatable bonds is 11. The molecule has 0 saturated carbocycles. The highest BCUT2D eigenvalue weighted by atomic mass is 16.6. The van der Waals surface area contributed by atoms with E-state index in [0.717, 1.165) is 43.1 Å². The van der Waals surface area contributed by atoms with E-state index in [9.17, 15) is 0 Å². The van der Waals surface area contributed by atoms with Gasteiger partial charge in [-0.25, -0.2) is 5.01 Å². The highest BCUT2D eigenvalue weighted by molar-refractivity contribution is 5.79. The van der Waals surface area contributed by atoms with E-state index >= 15 is 0 Å². The lowest BCUT2D eigenvalue weighted by atomic mass is 10.0.